The summed E-state index contributed by atoms with van der Waals surface area (Å²) in [5, 5.41) is 11.7. The smallest absolute Gasteiger partial charge is 0.264 e. The lowest BCUT2D eigenvalue weighted by molar-refractivity contribution is -0.0138. The number of nitrogens with zero attached hydrogens (tertiary/aromatic N) is 2. The number of hydrogen-bond donors (Lipinski definition) is 2. The van der Waals surface area contributed by atoms with E-state index in [-0.39, 0.29) is 10.4 Å². The van der Waals surface area contributed by atoms with E-state index < -0.39 is 21.4 Å². The molecule has 3 aromatic carbocycles. The molecule has 0 unspecified atom stereocenters. The molecule has 1 aliphatic heterocycles. The molecule has 5 rings (SSSR count). The van der Waals surface area contributed by atoms with Gasteiger partial charge in [0.25, 0.3) is 10.0 Å². The lowest BCUT2D eigenvalue weighted by Crippen LogP contribution is -2.41. The molecule has 2 heterocycles. The van der Waals surface area contributed by atoms with Crippen molar-refractivity contribution in [2.24, 2.45) is 0 Å². The molecule has 1 aliphatic rings. The van der Waals surface area contributed by atoms with Crippen molar-refractivity contribution in [3.8, 4) is 0 Å². The first-order chi connectivity index (χ1) is 17.2. The quantitative estimate of drug-likeness (QED) is 0.319. The predicted molar refractivity (Wildman–Crippen MR) is 142 cm³/mol. The number of aliphatic hydroxyl groups is 1. The van der Waals surface area contributed by atoms with Crippen LogP contribution in [0.5, 0.6) is 0 Å². The summed E-state index contributed by atoms with van der Waals surface area (Å²) >= 11 is 7.49. The number of nitrogens with one attached hydrogen (secondary N) is 1. The first-order valence-corrected chi connectivity index (χ1v) is 14.0. The number of halogens is 2. The van der Waals surface area contributed by atoms with E-state index in [2.05, 4.69) is 21.2 Å². The third-order valence-electron chi connectivity index (χ3n) is 6.47. The SMILES string of the molecule is C=C(c1ccc(NS(=O)(=O)c2cc(F)cc3scnc23)cc1)N1CCC(O)(c2ccccc2Cl)CC1. The maximum absolute atomic E-state index is 14.0. The van der Waals surface area contributed by atoms with Crippen molar-refractivity contribution in [3.63, 3.8) is 0 Å². The minimum Gasteiger partial charge on any atom is -0.385 e. The van der Waals surface area contributed by atoms with Crippen LogP contribution in [0.15, 0.2) is 77.6 Å². The summed E-state index contributed by atoms with van der Waals surface area (Å²) in [5.41, 5.74) is 3.42. The van der Waals surface area contributed by atoms with E-state index in [9.17, 15) is 17.9 Å². The van der Waals surface area contributed by atoms with Gasteiger partial charge in [0, 0.05) is 35.1 Å². The lowest BCUT2D eigenvalue weighted by atomic mass is 9.84. The van der Waals surface area contributed by atoms with Crippen LogP contribution in [-0.2, 0) is 15.6 Å². The van der Waals surface area contributed by atoms with Crippen molar-refractivity contribution in [3.05, 3.63) is 94.7 Å². The Bertz CT molecular complexity index is 1550. The fourth-order valence-electron chi connectivity index (χ4n) is 4.49. The highest BCUT2D eigenvalue weighted by atomic mass is 35.5. The molecule has 186 valence electrons. The molecule has 0 radical (unpaired) electrons. The zero-order valence-corrected chi connectivity index (χ0v) is 21.5. The van der Waals surface area contributed by atoms with Crippen molar-refractivity contribution in [2.45, 2.75) is 23.3 Å². The van der Waals surface area contributed by atoms with Crippen molar-refractivity contribution in [1.29, 1.82) is 0 Å². The molecule has 0 atom stereocenters. The minimum atomic E-state index is -4.05. The summed E-state index contributed by atoms with van der Waals surface area (Å²) in [5.74, 6) is -0.637. The second-order valence-electron chi connectivity index (χ2n) is 8.73. The minimum absolute atomic E-state index is 0.202. The van der Waals surface area contributed by atoms with Gasteiger partial charge in [0.2, 0.25) is 0 Å². The van der Waals surface area contributed by atoms with Gasteiger partial charge >= 0.3 is 0 Å². The number of piperidine rings is 1. The zero-order chi connectivity index (χ0) is 25.5. The van der Waals surface area contributed by atoms with Crippen molar-refractivity contribution >= 4 is 54.6 Å². The van der Waals surface area contributed by atoms with Crippen LogP contribution < -0.4 is 4.72 Å². The van der Waals surface area contributed by atoms with Gasteiger partial charge in [0.1, 0.15) is 16.2 Å². The largest absolute Gasteiger partial charge is 0.385 e. The van der Waals surface area contributed by atoms with E-state index in [0.717, 1.165) is 22.9 Å². The Balaban J connectivity index is 1.28. The summed E-state index contributed by atoms with van der Waals surface area (Å²) in [7, 11) is -4.05. The van der Waals surface area contributed by atoms with Crippen LogP contribution >= 0.6 is 22.9 Å². The average molecular weight is 544 g/mol. The Hall–Kier alpha value is -2.98. The molecule has 4 aromatic rings. The third kappa shape index (κ3) is 4.71. The number of sulfonamides is 1. The van der Waals surface area contributed by atoms with Crippen LogP contribution in [0.25, 0.3) is 15.9 Å². The lowest BCUT2D eigenvalue weighted by Gasteiger charge is -2.40. The van der Waals surface area contributed by atoms with Crippen LogP contribution in [0, 0.1) is 5.82 Å². The number of aromatic nitrogens is 1. The van der Waals surface area contributed by atoms with E-state index in [1.165, 1.54) is 22.9 Å². The van der Waals surface area contributed by atoms with Crippen LogP contribution in [0.3, 0.4) is 0 Å². The second-order valence-corrected chi connectivity index (χ2v) is 11.7. The highest BCUT2D eigenvalue weighted by Crippen LogP contribution is 2.38. The van der Waals surface area contributed by atoms with Gasteiger partial charge in [-0.05, 0) is 48.7 Å². The van der Waals surface area contributed by atoms with Crippen LogP contribution in [0.4, 0.5) is 10.1 Å². The summed E-state index contributed by atoms with van der Waals surface area (Å²) in [4.78, 5) is 5.97. The molecule has 0 saturated carbocycles. The van der Waals surface area contributed by atoms with Gasteiger partial charge in [-0.3, -0.25) is 4.72 Å². The highest BCUT2D eigenvalue weighted by Gasteiger charge is 2.35. The van der Waals surface area contributed by atoms with Gasteiger partial charge < -0.3 is 10.0 Å². The summed E-state index contributed by atoms with van der Waals surface area (Å²) in [6, 6.07) is 16.4. The number of thiazole rings is 1. The summed E-state index contributed by atoms with van der Waals surface area (Å²) in [6.45, 7) is 5.40. The summed E-state index contributed by atoms with van der Waals surface area (Å²) < 4.78 is 42.9. The first kappa shape index (κ1) is 24.7. The number of anilines is 1. The van der Waals surface area contributed by atoms with E-state index in [1.54, 1.807) is 30.3 Å². The number of benzene rings is 3. The fourth-order valence-corrected chi connectivity index (χ4v) is 6.83. The Morgan fingerprint density at radius 1 is 1.14 bits per heavy atom. The number of likely N-dealkylation sites (tertiary alicyclic amines) is 1. The Morgan fingerprint density at radius 3 is 2.53 bits per heavy atom. The van der Waals surface area contributed by atoms with Crippen LogP contribution in [-0.4, -0.2) is 36.5 Å². The monoisotopic (exact) mass is 543 g/mol. The van der Waals surface area contributed by atoms with Gasteiger partial charge in [-0.15, -0.1) is 11.3 Å². The van der Waals surface area contributed by atoms with E-state index in [0.29, 0.717) is 41.3 Å². The molecular formula is C26H23ClFN3O3S2. The van der Waals surface area contributed by atoms with Gasteiger partial charge in [-0.2, -0.15) is 0 Å². The van der Waals surface area contributed by atoms with Crippen LogP contribution in [0.2, 0.25) is 5.02 Å². The van der Waals surface area contributed by atoms with Crippen molar-refractivity contribution in [1.82, 2.24) is 9.88 Å². The van der Waals surface area contributed by atoms with Gasteiger partial charge in [0.05, 0.1) is 15.8 Å². The molecule has 0 spiro atoms. The van der Waals surface area contributed by atoms with Crippen LogP contribution in [0.1, 0.15) is 24.0 Å². The van der Waals surface area contributed by atoms with E-state index >= 15 is 0 Å². The molecule has 0 aliphatic carbocycles. The topological polar surface area (TPSA) is 82.5 Å². The Kier molecular flexibility index (Phi) is 6.50. The van der Waals surface area contributed by atoms with E-state index in [1.807, 2.05) is 18.2 Å². The van der Waals surface area contributed by atoms with E-state index in [4.69, 9.17) is 11.6 Å². The maximum atomic E-state index is 14.0. The second kappa shape index (κ2) is 9.48. The average Bonchev–Trinajstić information content (AvgIpc) is 3.32. The molecule has 1 aromatic heterocycles. The van der Waals surface area contributed by atoms with Gasteiger partial charge in [-0.1, -0.05) is 48.5 Å². The molecule has 1 fully saturated rings. The Labute approximate surface area is 217 Å². The molecule has 6 nitrogen and oxygen atoms in total. The molecule has 2 N–H and O–H groups in total. The standard InChI is InChI=1S/C26H23ClFN3O3S2/c1-17(31-12-10-26(32,11-13-31)21-4-2-3-5-22(21)27)18-6-8-20(9-7-18)30-36(33,34)24-15-19(28)14-23-25(24)29-16-35-23/h2-9,14-16,30,32H,1,10-13H2. The summed E-state index contributed by atoms with van der Waals surface area (Å²) in [6.07, 6.45) is 1.01. The maximum Gasteiger partial charge on any atom is 0.264 e. The number of rotatable bonds is 6. The first-order valence-electron chi connectivity index (χ1n) is 11.2. The molecule has 10 heteroatoms. The number of hydrogen-bond acceptors (Lipinski definition) is 6. The molecular weight excluding hydrogens is 521 g/mol. The molecule has 0 amide bonds. The van der Waals surface area contributed by atoms with Crippen molar-refractivity contribution < 1.29 is 17.9 Å². The normalized spacial score (nSPS) is 15.7. The fraction of sp³-hybridized carbons (Fsp3) is 0.192. The number of fused-ring (bicyclic) bond motifs is 1. The third-order valence-corrected chi connectivity index (χ3v) is 8.97. The molecule has 36 heavy (non-hydrogen) atoms. The molecule has 0 bridgehead atoms. The van der Waals surface area contributed by atoms with Gasteiger partial charge in [0.15, 0.2) is 0 Å². The zero-order valence-electron chi connectivity index (χ0n) is 19.1. The van der Waals surface area contributed by atoms with Gasteiger partial charge in [-0.25, -0.2) is 17.8 Å². The van der Waals surface area contributed by atoms with Crippen molar-refractivity contribution in [2.75, 3.05) is 17.8 Å². The Morgan fingerprint density at radius 2 is 1.83 bits per heavy atom. The molecule has 1 saturated heterocycles. The highest BCUT2D eigenvalue weighted by molar-refractivity contribution is 7.93. The predicted octanol–water partition coefficient (Wildman–Crippen LogP) is 5.84.